The molecule has 0 fully saturated rings. The first-order chi connectivity index (χ1) is 23.2. The molecule has 0 bridgehead atoms. The highest BCUT2D eigenvalue weighted by atomic mass is 28.4. The van der Waals surface area contributed by atoms with Gasteiger partial charge in [0.2, 0.25) is 0 Å². The average molecular weight is 731 g/mol. The van der Waals surface area contributed by atoms with Crippen molar-refractivity contribution in [1.29, 1.82) is 0 Å². The number of carbonyl (C=O) groups excluding carboxylic acids is 2. The molecule has 1 aromatic carbocycles. The van der Waals surface area contributed by atoms with Crippen molar-refractivity contribution in [2.75, 3.05) is 13.7 Å². The predicted molar refractivity (Wildman–Crippen MR) is 214 cm³/mol. The maximum Gasteiger partial charge on any atom is 0.407 e. The van der Waals surface area contributed by atoms with Gasteiger partial charge in [0, 0.05) is 37.9 Å². The number of nitrogens with zero attached hydrogens (tertiary/aromatic N) is 1. The first-order valence-corrected chi connectivity index (χ1v) is 22.1. The minimum atomic E-state index is -2.37. The number of fused-ring (bicyclic) bond motifs is 1. The molecule has 51 heavy (non-hydrogen) atoms. The number of carbonyl (C=O) groups is 2. The molecule has 0 saturated carbocycles. The Kier molecular flexibility index (Phi) is 15.9. The molecule has 4 unspecified atom stereocenters. The summed E-state index contributed by atoms with van der Waals surface area (Å²) in [5, 5.41) is 4.50. The number of methoxy groups -OCH3 is 1. The van der Waals surface area contributed by atoms with Crippen LogP contribution in [-0.2, 0) is 43.3 Å². The second-order valence-electron chi connectivity index (χ2n) is 18.9. The van der Waals surface area contributed by atoms with Gasteiger partial charge in [-0.3, -0.25) is 4.79 Å². The minimum Gasteiger partial charge on any atom is -0.460 e. The van der Waals surface area contributed by atoms with Gasteiger partial charge in [0.05, 0.1) is 18.1 Å². The molecule has 0 radical (unpaired) electrons. The van der Waals surface area contributed by atoms with E-state index in [-0.39, 0.29) is 22.8 Å². The molecule has 8 nitrogen and oxygen atoms in total. The van der Waals surface area contributed by atoms with E-state index in [1.807, 2.05) is 41.5 Å². The lowest BCUT2D eigenvalue weighted by Gasteiger charge is -2.43. The van der Waals surface area contributed by atoms with E-state index in [2.05, 4.69) is 103 Å². The number of esters is 1. The summed E-state index contributed by atoms with van der Waals surface area (Å²) < 4.78 is 26.6. The van der Waals surface area contributed by atoms with Gasteiger partial charge in [-0.05, 0) is 133 Å². The third-order valence-electron chi connectivity index (χ3n) is 10.3. The second kappa shape index (κ2) is 18.1. The Morgan fingerprint density at radius 2 is 1.49 bits per heavy atom. The van der Waals surface area contributed by atoms with Gasteiger partial charge < -0.3 is 28.5 Å². The summed E-state index contributed by atoms with van der Waals surface area (Å²) in [4.78, 5) is 27.3. The van der Waals surface area contributed by atoms with Crippen LogP contribution in [0.4, 0.5) is 4.79 Å². The molecule has 1 amide bonds. The monoisotopic (exact) mass is 731 g/mol. The van der Waals surface area contributed by atoms with Gasteiger partial charge in [0.25, 0.3) is 0 Å². The number of aromatic nitrogens is 1. The zero-order chi connectivity index (χ0) is 39.1. The topological polar surface area (TPSA) is 88.0 Å². The largest absolute Gasteiger partial charge is 0.460 e. The quantitative estimate of drug-likeness (QED) is 0.0991. The van der Waals surface area contributed by atoms with Crippen LogP contribution in [0.25, 0.3) is 10.9 Å². The highest BCUT2D eigenvalue weighted by Gasteiger charge is 2.44. The van der Waals surface area contributed by atoms with E-state index in [0.29, 0.717) is 18.8 Å². The number of ether oxygens (including phenoxy) is 3. The summed E-state index contributed by atoms with van der Waals surface area (Å²) in [6.45, 7) is 31.9. The Hall–Kier alpha value is -2.36. The summed E-state index contributed by atoms with van der Waals surface area (Å²) in [5.41, 5.74) is 2.56. The molecule has 2 rings (SSSR count). The Morgan fingerprint density at radius 3 is 2.00 bits per heavy atom. The number of alkyl carbamates (subject to hydrolysis) is 1. The van der Waals surface area contributed by atoms with E-state index in [9.17, 15) is 9.59 Å². The van der Waals surface area contributed by atoms with Crippen molar-refractivity contribution in [3.05, 3.63) is 35.5 Å². The number of nitrogens with one attached hydrogen (secondary N) is 1. The molecule has 0 aliphatic rings. The normalized spacial score (nSPS) is 15.6. The highest BCUT2D eigenvalue weighted by molar-refractivity contribution is 6.74. The molecular weight excluding hydrogens is 657 g/mol. The van der Waals surface area contributed by atoms with Crippen molar-refractivity contribution >= 4 is 31.3 Å². The number of benzene rings is 1. The van der Waals surface area contributed by atoms with Gasteiger partial charge in [-0.2, -0.15) is 0 Å². The van der Waals surface area contributed by atoms with Crippen LogP contribution >= 0.6 is 0 Å². The maximum atomic E-state index is 13.7. The molecule has 0 aliphatic heterocycles. The zero-order valence-corrected chi connectivity index (χ0v) is 36.4. The van der Waals surface area contributed by atoms with E-state index in [1.54, 1.807) is 7.11 Å². The second-order valence-corrected chi connectivity index (χ2v) is 23.7. The van der Waals surface area contributed by atoms with Crippen molar-refractivity contribution in [2.45, 2.75) is 164 Å². The van der Waals surface area contributed by atoms with Crippen LogP contribution in [0.15, 0.2) is 24.4 Å². The third-order valence-corrected chi connectivity index (χ3v) is 14.8. The lowest BCUT2D eigenvalue weighted by Crippen LogP contribution is -2.54. The molecule has 1 N–H and O–H groups in total. The van der Waals surface area contributed by atoms with Crippen molar-refractivity contribution in [2.24, 2.45) is 30.7 Å². The summed E-state index contributed by atoms with van der Waals surface area (Å²) >= 11 is 0. The van der Waals surface area contributed by atoms with Crippen LogP contribution in [0.5, 0.6) is 0 Å². The first kappa shape index (κ1) is 44.8. The van der Waals surface area contributed by atoms with E-state index in [1.165, 1.54) is 22.0 Å². The molecular formula is C42H74N2O6Si. The zero-order valence-electron chi connectivity index (χ0n) is 35.4. The number of hydrogen-bond acceptors (Lipinski definition) is 6. The number of rotatable bonds is 17. The molecule has 9 heteroatoms. The fourth-order valence-corrected chi connectivity index (χ4v) is 7.73. The molecule has 1 heterocycles. The van der Waals surface area contributed by atoms with Crippen molar-refractivity contribution in [3.8, 4) is 0 Å². The van der Waals surface area contributed by atoms with Gasteiger partial charge in [-0.15, -0.1) is 0 Å². The Morgan fingerprint density at radius 1 is 0.882 bits per heavy atom. The van der Waals surface area contributed by atoms with Gasteiger partial charge in [-0.25, -0.2) is 4.79 Å². The van der Waals surface area contributed by atoms with Crippen LogP contribution < -0.4 is 5.32 Å². The lowest BCUT2D eigenvalue weighted by atomic mass is 9.80. The number of aryl methyl sites for hydroxylation is 2. The standard InChI is InChI=1S/C42H74N2O6Si/c1-28(2)32(23-30-20-21-36-34(24-30)31(27-44(36)14)19-18-22-47-15)25-35(43-39(46)49-41(8,9)10)37(50-51(16,17)42(11,12)13)26-33(29(3)4)38(45)48-40(5,6)7/h20-21,24,27-29,32-33,35,37H,18-19,22-23,25-26H2,1-17H3,(H,43,46). The van der Waals surface area contributed by atoms with Crippen LogP contribution in [-0.4, -0.2) is 62.0 Å². The van der Waals surface area contributed by atoms with Crippen molar-refractivity contribution < 1.29 is 28.2 Å². The average Bonchev–Trinajstić information content (AvgIpc) is 3.25. The van der Waals surface area contributed by atoms with Gasteiger partial charge >= 0.3 is 12.1 Å². The molecule has 4 atom stereocenters. The van der Waals surface area contributed by atoms with E-state index in [0.717, 1.165) is 25.9 Å². The number of amides is 1. The third kappa shape index (κ3) is 14.2. The molecule has 292 valence electrons. The van der Waals surface area contributed by atoms with Crippen LogP contribution in [0.2, 0.25) is 18.1 Å². The van der Waals surface area contributed by atoms with Gasteiger partial charge in [0.1, 0.15) is 11.2 Å². The predicted octanol–water partition coefficient (Wildman–Crippen LogP) is 10.2. The molecule has 0 spiro atoms. The van der Waals surface area contributed by atoms with E-state index >= 15 is 0 Å². The van der Waals surface area contributed by atoms with Gasteiger partial charge in [-0.1, -0.05) is 54.5 Å². The Balaban J connectivity index is 2.63. The summed E-state index contributed by atoms with van der Waals surface area (Å²) in [5.74, 6) is -0.0794. The molecule has 0 saturated heterocycles. The summed E-state index contributed by atoms with van der Waals surface area (Å²) in [6, 6.07) is 6.43. The van der Waals surface area contributed by atoms with Crippen molar-refractivity contribution in [1.82, 2.24) is 9.88 Å². The van der Waals surface area contributed by atoms with Crippen LogP contribution in [0.1, 0.15) is 120 Å². The fraction of sp³-hybridized carbons (Fsp3) is 0.762. The van der Waals surface area contributed by atoms with E-state index in [4.69, 9.17) is 18.6 Å². The smallest absolute Gasteiger partial charge is 0.407 e. The lowest BCUT2D eigenvalue weighted by molar-refractivity contribution is -0.163. The van der Waals surface area contributed by atoms with Crippen LogP contribution in [0, 0.1) is 23.7 Å². The Labute approximate surface area is 312 Å². The maximum absolute atomic E-state index is 13.7. The molecule has 0 aliphatic carbocycles. The SMILES string of the molecule is COCCCc1cn(C)c2ccc(CC(CC(NC(=O)OC(C)(C)C)C(CC(C(=O)OC(C)(C)C)C(C)C)O[Si](C)(C)C(C)(C)C)C(C)C)cc12. The summed E-state index contributed by atoms with van der Waals surface area (Å²) in [7, 11) is 1.49. The molecule has 2 aromatic rings. The Bertz CT molecular complexity index is 1410. The van der Waals surface area contributed by atoms with Crippen molar-refractivity contribution in [3.63, 3.8) is 0 Å². The number of hydrogen-bond donors (Lipinski definition) is 1. The fourth-order valence-electron chi connectivity index (χ4n) is 6.35. The molecule has 1 aromatic heterocycles. The summed E-state index contributed by atoms with van der Waals surface area (Å²) in [6.07, 6.45) is 5.23. The first-order valence-electron chi connectivity index (χ1n) is 19.2. The minimum absolute atomic E-state index is 0.0177. The van der Waals surface area contributed by atoms with Crippen LogP contribution in [0.3, 0.4) is 0 Å². The highest BCUT2D eigenvalue weighted by Crippen LogP contribution is 2.40. The van der Waals surface area contributed by atoms with E-state index < -0.39 is 43.7 Å². The van der Waals surface area contributed by atoms with Gasteiger partial charge in [0.15, 0.2) is 8.32 Å².